The maximum Gasteiger partial charge on any atom is 0.271 e. The number of aromatic nitrogens is 3. The molecule has 2 heterocycles. The van der Waals surface area contributed by atoms with Gasteiger partial charge < -0.3 is 11.1 Å². The van der Waals surface area contributed by atoms with Gasteiger partial charge in [-0.3, -0.25) is 9.78 Å². The summed E-state index contributed by atoms with van der Waals surface area (Å²) >= 11 is 7.71. The Balaban J connectivity index is 2.24. The number of primary amides is 1. The van der Waals surface area contributed by atoms with E-state index in [0.717, 1.165) is 21.6 Å². The molecule has 0 bridgehead atoms. The van der Waals surface area contributed by atoms with Crippen LogP contribution in [0.5, 0.6) is 0 Å². The maximum absolute atomic E-state index is 11.9. The molecular formula is C17H16ClN5OS. The number of anilines is 2. The van der Waals surface area contributed by atoms with Gasteiger partial charge in [0.2, 0.25) is 0 Å². The predicted molar refractivity (Wildman–Crippen MR) is 102 cm³/mol. The minimum Gasteiger partial charge on any atom is -0.364 e. The third-order valence-electron chi connectivity index (χ3n) is 3.55. The first-order valence-corrected chi connectivity index (χ1v) is 8.97. The van der Waals surface area contributed by atoms with E-state index in [2.05, 4.69) is 33.5 Å². The fourth-order valence-electron chi connectivity index (χ4n) is 2.52. The van der Waals surface area contributed by atoms with Crippen LogP contribution in [0.2, 0.25) is 5.02 Å². The summed E-state index contributed by atoms with van der Waals surface area (Å²) in [5.74, 6) is 0.283. The highest BCUT2D eigenvalue weighted by Crippen LogP contribution is 2.33. The van der Waals surface area contributed by atoms with Gasteiger partial charge in [-0.05, 0) is 36.4 Å². The Labute approximate surface area is 154 Å². The molecule has 0 unspecified atom stereocenters. The first-order valence-electron chi connectivity index (χ1n) is 7.60. The van der Waals surface area contributed by atoms with Crippen LogP contribution in [0.15, 0.2) is 35.5 Å². The molecule has 0 aliphatic heterocycles. The van der Waals surface area contributed by atoms with E-state index < -0.39 is 5.91 Å². The number of nitrogens with one attached hydrogen (secondary N) is 1. The van der Waals surface area contributed by atoms with Crippen LogP contribution in [0.1, 0.15) is 23.0 Å². The van der Waals surface area contributed by atoms with Crippen molar-refractivity contribution in [1.29, 1.82) is 0 Å². The molecule has 6 nitrogen and oxygen atoms in total. The van der Waals surface area contributed by atoms with E-state index in [0.29, 0.717) is 21.9 Å². The number of thioether (sulfide) groups is 1. The van der Waals surface area contributed by atoms with Crippen molar-refractivity contribution in [1.82, 2.24) is 15.2 Å². The standard InChI is InChI=1S/C17H16ClN5OS/c1-3-25-12-4-9(2)14-13(6-12)15(16(17(19)24)23-22-14)21-11-5-10(18)7-20-8-11/h4-8H,3H2,1-2H3,(H2,19,24)(H,21,22). The van der Waals surface area contributed by atoms with Crippen molar-refractivity contribution in [2.24, 2.45) is 5.73 Å². The number of fused-ring (bicyclic) bond motifs is 1. The summed E-state index contributed by atoms with van der Waals surface area (Å²) in [6.45, 7) is 4.05. The topological polar surface area (TPSA) is 93.8 Å². The van der Waals surface area contributed by atoms with E-state index in [9.17, 15) is 4.79 Å². The Morgan fingerprint density at radius 2 is 2.08 bits per heavy atom. The molecule has 8 heteroatoms. The monoisotopic (exact) mass is 373 g/mol. The molecule has 25 heavy (non-hydrogen) atoms. The number of rotatable bonds is 5. The molecule has 1 amide bonds. The second-order valence-electron chi connectivity index (χ2n) is 5.37. The Morgan fingerprint density at radius 3 is 2.76 bits per heavy atom. The Kier molecular flexibility index (Phi) is 5.06. The van der Waals surface area contributed by atoms with Crippen molar-refractivity contribution >= 4 is 51.5 Å². The molecule has 0 saturated carbocycles. The van der Waals surface area contributed by atoms with Crippen molar-refractivity contribution in [2.45, 2.75) is 18.7 Å². The van der Waals surface area contributed by atoms with Crippen LogP contribution < -0.4 is 11.1 Å². The molecule has 0 spiro atoms. The summed E-state index contributed by atoms with van der Waals surface area (Å²) in [4.78, 5) is 17.0. The van der Waals surface area contributed by atoms with Gasteiger partial charge in [0.05, 0.1) is 28.1 Å². The second kappa shape index (κ2) is 7.25. The lowest BCUT2D eigenvalue weighted by atomic mass is 10.1. The quantitative estimate of drug-likeness (QED) is 0.658. The summed E-state index contributed by atoms with van der Waals surface area (Å²) in [7, 11) is 0. The van der Waals surface area contributed by atoms with E-state index in [1.807, 2.05) is 13.0 Å². The summed E-state index contributed by atoms with van der Waals surface area (Å²) in [5.41, 5.74) is 8.40. The van der Waals surface area contributed by atoms with Gasteiger partial charge in [0.25, 0.3) is 5.91 Å². The lowest BCUT2D eigenvalue weighted by molar-refractivity contribution is 0.0995. The van der Waals surface area contributed by atoms with Crippen LogP contribution >= 0.6 is 23.4 Å². The SMILES string of the molecule is CCSc1cc(C)c2nnc(C(N)=O)c(Nc3cncc(Cl)c3)c2c1. The number of hydrogen-bond donors (Lipinski definition) is 2. The van der Waals surface area contributed by atoms with Crippen LogP contribution in [-0.2, 0) is 0 Å². The summed E-state index contributed by atoms with van der Waals surface area (Å²) < 4.78 is 0. The molecule has 0 aliphatic rings. The van der Waals surface area contributed by atoms with Crippen molar-refractivity contribution in [3.63, 3.8) is 0 Å². The molecule has 128 valence electrons. The summed E-state index contributed by atoms with van der Waals surface area (Å²) in [6, 6.07) is 5.75. The molecule has 3 rings (SSSR count). The van der Waals surface area contributed by atoms with Gasteiger partial charge in [-0.15, -0.1) is 22.0 Å². The van der Waals surface area contributed by atoms with Gasteiger partial charge in [0.15, 0.2) is 5.69 Å². The van der Waals surface area contributed by atoms with Gasteiger partial charge in [-0.1, -0.05) is 18.5 Å². The molecule has 2 aromatic heterocycles. The average molecular weight is 374 g/mol. The van der Waals surface area contributed by atoms with Gasteiger partial charge in [-0.25, -0.2) is 0 Å². The van der Waals surface area contributed by atoms with Crippen LogP contribution in [0, 0.1) is 6.92 Å². The van der Waals surface area contributed by atoms with Crippen LogP contribution in [-0.4, -0.2) is 26.8 Å². The van der Waals surface area contributed by atoms with E-state index >= 15 is 0 Å². The van der Waals surface area contributed by atoms with Crippen LogP contribution in [0.4, 0.5) is 11.4 Å². The highest BCUT2D eigenvalue weighted by atomic mass is 35.5. The molecule has 0 aliphatic carbocycles. The van der Waals surface area contributed by atoms with Gasteiger partial charge in [-0.2, -0.15) is 0 Å². The smallest absolute Gasteiger partial charge is 0.271 e. The van der Waals surface area contributed by atoms with Crippen molar-refractivity contribution in [3.8, 4) is 0 Å². The molecule has 0 fully saturated rings. The number of halogens is 1. The van der Waals surface area contributed by atoms with Gasteiger partial charge >= 0.3 is 0 Å². The minimum atomic E-state index is -0.655. The van der Waals surface area contributed by atoms with Crippen LogP contribution in [0.3, 0.4) is 0 Å². The van der Waals surface area contributed by atoms with Crippen molar-refractivity contribution < 1.29 is 4.79 Å². The lowest BCUT2D eigenvalue weighted by Gasteiger charge is -2.14. The second-order valence-corrected chi connectivity index (χ2v) is 7.15. The highest BCUT2D eigenvalue weighted by molar-refractivity contribution is 7.99. The van der Waals surface area contributed by atoms with Crippen molar-refractivity contribution in [2.75, 3.05) is 11.1 Å². The van der Waals surface area contributed by atoms with Crippen molar-refractivity contribution in [3.05, 3.63) is 46.9 Å². The number of aryl methyl sites for hydroxylation is 1. The third-order valence-corrected chi connectivity index (χ3v) is 4.61. The fourth-order valence-corrected chi connectivity index (χ4v) is 3.49. The maximum atomic E-state index is 11.9. The highest BCUT2D eigenvalue weighted by Gasteiger charge is 2.17. The Morgan fingerprint density at radius 1 is 1.28 bits per heavy atom. The molecular weight excluding hydrogens is 358 g/mol. The molecule has 0 saturated heterocycles. The number of nitrogens with zero attached hydrogens (tertiary/aromatic N) is 3. The zero-order chi connectivity index (χ0) is 18.0. The molecule has 3 aromatic rings. The predicted octanol–water partition coefficient (Wildman–Crippen LogP) is 3.94. The number of carbonyl (C=O) groups is 1. The number of hydrogen-bond acceptors (Lipinski definition) is 6. The number of carbonyl (C=O) groups excluding carboxylic acids is 1. The van der Waals surface area contributed by atoms with Gasteiger partial charge in [0, 0.05) is 16.5 Å². The Hall–Kier alpha value is -2.38. The molecule has 3 N–H and O–H groups in total. The number of nitrogens with two attached hydrogens (primary N) is 1. The Bertz CT molecular complexity index is 963. The number of pyridine rings is 1. The third kappa shape index (κ3) is 3.67. The van der Waals surface area contributed by atoms with E-state index in [-0.39, 0.29) is 5.69 Å². The first-order chi connectivity index (χ1) is 12.0. The summed E-state index contributed by atoms with van der Waals surface area (Å²) in [5, 5.41) is 12.6. The van der Waals surface area contributed by atoms with E-state index in [1.54, 1.807) is 24.0 Å². The lowest BCUT2D eigenvalue weighted by Crippen LogP contribution is -2.17. The van der Waals surface area contributed by atoms with E-state index in [1.165, 1.54) is 6.20 Å². The number of benzene rings is 1. The molecule has 0 radical (unpaired) electrons. The van der Waals surface area contributed by atoms with Gasteiger partial charge in [0.1, 0.15) is 0 Å². The molecule has 0 atom stereocenters. The summed E-state index contributed by atoms with van der Waals surface area (Å²) in [6.07, 6.45) is 3.14. The zero-order valence-corrected chi connectivity index (χ0v) is 15.3. The number of amides is 1. The fraction of sp³-hybridized carbons (Fsp3) is 0.176. The zero-order valence-electron chi connectivity index (χ0n) is 13.7. The first kappa shape index (κ1) is 17.4. The average Bonchev–Trinajstić information content (AvgIpc) is 2.55. The van der Waals surface area contributed by atoms with E-state index in [4.69, 9.17) is 17.3 Å². The minimum absolute atomic E-state index is 0.0746. The van der Waals surface area contributed by atoms with Crippen LogP contribution in [0.25, 0.3) is 10.9 Å². The normalized spacial score (nSPS) is 10.8. The largest absolute Gasteiger partial charge is 0.364 e. The molecule has 1 aromatic carbocycles.